The predicted octanol–water partition coefficient (Wildman–Crippen LogP) is 4.15. The molecule has 0 amide bonds. The molecule has 0 N–H and O–H groups in total. The van der Waals surface area contributed by atoms with Crippen molar-refractivity contribution in [3.63, 3.8) is 0 Å². The minimum atomic E-state index is 0.549. The summed E-state index contributed by atoms with van der Waals surface area (Å²) in [5, 5.41) is 0. The molecule has 6 nitrogen and oxygen atoms in total. The van der Waals surface area contributed by atoms with Crippen LogP contribution in [0, 0.1) is 0 Å². The minimum Gasteiger partial charge on any atom is -0.493 e. The molecule has 0 bridgehead atoms. The van der Waals surface area contributed by atoms with Gasteiger partial charge >= 0.3 is 0 Å². The number of fused-ring (bicyclic) bond motifs is 3. The molecule has 3 rings (SSSR count). The summed E-state index contributed by atoms with van der Waals surface area (Å²) in [4.78, 5) is 0. The summed E-state index contributed by atoms with van der Waals surface area (Å²) >= 11 is 1.80. The van der Waals surface area contributed by atoms with Gasteiger partial charge in [-0.1, -0.05) is 0 Å². The Balaban J connectivity index is 2.45. The van der Waals surface area contributed by atoms with Gasteiger partial charge in [-0.15, -0.1) is 0 Å². The Kier molecular flexibility index (Phi) is 5.79. The van der Waals surface area contributed by atoms with Gasteiger partial charge in [0.05, 0.1) is 42.7 Å². The van der Waals surface area contributed by atoms with Crippen molar-refractivity contribution in [2.45, 2.75) is 11.5 Å². The van der Waals surface area contributed by atoms with E-state index >= 15 is 0 Å². The Hall–Kier alpha value is -2.41. The molecule has 1 aliphatic rings. The third-order valence-corrected chi connectivity index (χ3v) is 5.62. The van der Waals surface area contributed by atoms with E-state index in [0.29, 0.717) is 34.5 Å². The Labute approximate surface area is 163 Å². The molecule has 7 heteroatoms. The Morgan fingerprint density at radius 3 is 1.22 bits per heavy atom. The third kappa shape index (κ3) is 3.10. The smallest absolute Gasteiger partial charge is 0.203 e. The van der Waals surface area contributed by atoms with Gasteiger partial charge in [0.15, 0.2) is 23.0 Å². The molecular formula is C20H24O6S. The highest BCUT2D eigenvalue weighted by Gasteiger charge is 2.31. The van der Waals surface area contributed by atoms with Crippen LogP contribution < -0.4 is 28.4 Å². The van der Waals surface area contributed by atoms with E-state index in [4.69, 9.17) is 28.4 Å². The third-order valence-electron chi connectivity index (χ3n) is 4.59. The van der Waals surface area contributed by atoms with Crippen molar-refractivity contribution >= 4 is 11.8 Å². The van der Waals surface area contributed by atoms with Crippen molar-refractivity contribution in [2.75, 3.05) is 42.7 Å². The first kappa shape index (κ1) is 19.4. The summed E-state index contributed by atoms with van der Waals surface area (Å²) in [5.41, 5.74) is 4.01. The van der Waals surface area contributed by atoms with Gasteiger partial charge in [0.25, 0.3) is 0 Å². The molecule has 2 aromatic carbocycles. The quantitative estimate of drug-likeness (QED) is 0.732. The Morgan fingerprint density at radius 1 is 0.556 bits per heavy atom. The second-order valence-corrected chi connectivity index (χ2v) is 6.84. The Bertz CT molecular complexity index is 780. The van der Waals surface area contributed by atoms with Gasteiger partial charge in [-0.2, -0.15) is 11.8 Å². The first-order valence-electron chi connectivity index (χ1n) is 8.36. The fourth-order valence-corrected chi connectivity index (χ4v) is 4.46. The topological polar surface area (TPSA) is 55.4 Å². The largest absolute Gasteiger partial charge is 0.493 e. The highest BCUT2D eigenvalue weighted by Crippen LogP contribution is 2.56. The molecular weight excluding hydrogens is 368 g/mol. The average Bonchev–Trinajstić information content (AvgIpc) is 2.89. The van der Waals surface area contributed by atoms with E-state index in [-0.39, 0.29) is 0 Å². The second-order valence-electron chi connectivity index (χ2n) is 5.85. The molecule has 0 saturated carbocycles. The summed E-state index contributed by atoms with van der Waals surface area (Å²) in [6.07, 6.45) is 0. The van der Waals surface area contributed by atoms with E-state index in [1.54, 1.807) is 54.4 Å². The number of rotatable bonds is 6. The maximum absolute atomic E-state index is 5.78. The van der Waals surface area contributed by atoms with E-state index in [9.17, 15) is 0 Å². The number of benzene rings is 2. The number of thioether (sulfide) groups is 1. The van der Waals surface area contributed by atoms with Crippen LogP contribution in [0.4, 0.5) is 0 Å². The molecule has 0 atom stereocenters. The van der Waals surface area contributed by atoms with Crippen molar-refractivity contribution in [3.05, 3.63) is 23.3 Å². The zero-order valence-corrected chi connectivity index (χ0v) is 17.2. The summed E-state index contributed by atoms with van der Waals surface area (Å²) in [6.45, 7) is 0. The van der Waals surface area contributed by atoms with Crippen molar-refractivity contribution in [3.8, 4) is 45.6 Å². The molecule has 27 heavy (non-hydrogen) atoms. The van der Waals surface area contributed by atoms with Gasteiger partial charge in [0, 0.05) is 22.6 Å². The molecule has 0 radical (unpaired) electrons. The van der Waals surface area contributed by atoms with Crippen LogP contribution in [0.2, 0.25) is 0 Å². The molecule has 2 aromatic rings. The van der Waals surface area contributed by atoms with Gasteiger partial charge in [-0.3, -0.25) is 0 Å². The van der Waals surface area contributed by atoms with Crippen LogP contribution >= 0.6 is 11.8 Å². The molecule has 1 heterocycles. The minimum absolute atomic E-state index is 0.549. The lowest BCUT2D eigenvalue weighted by Crippen LogP contribution is -2.03. The first-order chi connectivity index (χ1) is 13.1. The fourth-order valence-electron chi connectivity index (χ4n) is 3.46. The van der Waals surface area contributed by atoms with Gasteiger partial charge in [-0.25, -0.2) is 0 Å². The van der Waals surface area contributed by atoms with Crippen LogP contribution in [0.3, 0.4) is 0 Å². The fraction of sp³-hybridized carbons (Fsp3) is 0.400. The molecule has 146 valence electrons. The summed E-state index contributed by atoms with van der Waals surface area (Å²) in [7, 11) is 9.70. The molecule has 0 aliphatic carbocycles. The lowest BCUT2D eigenvalue weighted by atomic mass is 9.93. The normalized spacial score (nSPS) is 12.4. The standard InChI is InChI=1S/C20H24O6S/c1-21-13-7-11-9-27-10-12-8-14(22-2)18(24-4)20(26-6)16(12)15(11)19(25-5)17(13)23-3/h7-8H,9-10H2,1-6H3. The highest BCUT2D eigenvalue weighted by atomic mass is 32.2. The number of hydrogen-bond donors (Lipinski definition) is 0. The lowest BCUT2D eigenvalue weighted by Gasteiger charge is -2.22. The lowest BCUT2D eigenvalue weighted by molar-refractivity contribution is 0.322. The highest BCUT2D eigenvalue weighted by molar-refractivity contribution is 7.97. The molecule has 0 saturated heterocycles. The monoisotopic (exact) mass is 392 g/mol. The van der Waals surface area contributed by atoms with E-state index in [1.807, 2.05) is 12.1 Å². The van der Waals surface area contributed by atoms with Crippen molar-refractivity contribution in [1.29, 1.82) is 0 Å². The predicted molar refractivity (Wildman–Crippen MR) is 106 cm³/mol. The summed E-state index contributed by atoms with van der Waals surface area (Å²) in [6, 6.07) is 3.99. The van der Waals surface area contributed by atoms with Crippen LogP contribution in [0.25, 0.3) is 11.1 Å². The van der Waals surface area contributed by atoms with E-state index in [2.05, 4.69) is 0 Å². The zero-order chi connectivity index (χ0) is 19.6. The van der Waals surface area contributed by atoms with Crippen LogP contribution in [0.15, 0.2) is 12.1 Å². The van der Waals surface area contributed by atoms with Crippen molar-refractivity contribution in [1.82, 2.24) is 0 Å². The number of methoxy groups -OCH3 is 6. The van der Waals surface area contributed by atoms with Crippen LogP contribution in [0.5, 0.6) is 34.5 Å². The second kappa shape index (κ2) is 8.08. The SMILES string of the molecule is COc1cc2c(c(OC)c1OC)-c1c(cc(OC)c(OC)c1OC)CSC2. The average molecular weight is 392 g/mol. The molecule has 0 fully saturated rings. The van der Waals surface area contributed by atoms with Crippen LogP contribution in [-0.2, 0) is 11.5 Å². The van der Waals surface area contributed by atoms with E-state index < -0.39 is 0 Å². The Morgan fingerprint density at radius 2 is 0.926 bits per heavy atom. The van der Waals surface area contributed by atoms with E-state index in [0.717, 1.165) is 33.8 Å². The number of ether oxygens (including phenoxy) is 6. The molecule has 0 unspecified atom stereocenters. The van der Waals surface area contributed by atoms with Crippen LogP contribution in [-0.4, -0.2) is 42.7 Å². The summed E-state index contributed by atoms with van der Waals surface area (Å²) < 4.78 is 33.8. The van der Waals surface area contributed by atoms with Gasteiger partial charge in [0.1, 0.15) is 0 Å². The number of hydrogen-bond acceptors (Lipinski definition) is 7. The van der Waals surface area contributed by atoms with Crippen molar-refractivity contribution in [2.24, 2.45) is 0 Å². The van der Waals surface area contributed by atoms with E-state index in [1.165, 1.54) is 0 Å². The van der Waals surface area contributed by atoms with Crippen LogP contribution in [0.1, 0.15) is 11.1 Å². The maximum atomic E-state index is 5.78. The van der Waals surface area contributed by atoms with Gasteiger partial charge in [0.2, 0.25) is 11.5 Å². The van der Waals surface area contributed by atoms with Crippen molar-refractivity contribution < 1.29 is 28.4 Å². The van der Waals surface area contributed by atoms with Gasteiger partial charge < -0.3 is 28.4 Å². The first-order valence-corrected chi connectivity index (χ1v) is 9.52. The van der Waals surface area contributed by atoms with Gasteiger partial charge in [-0.05, 0) is 23.3 Å². The molecule has 0 spiro atoms. The molecule has 1 aliphatic heterocycles. The molecule has 0 aromatic heterocycles. The maximum Gasteiger partial charge on any atom is 0.203 e. The summed E-state index contributed by atoms with van der Waals surface area (Å²) in [5.74, 6) is 5.19. The zero-order valence-electron chi connectivity index (χ0n) is 16.4.